The molecule has 0 aromatic carbocycles. The molecule has 5 nitrogen and oxygen atoms in total. The zero-order chi connectivity index (χ0) is 24.0. The lowest BCUT2D eigenvalue weighted by Gasteiger charge is -2.61. The SMILES string of the molecule is CC(=O)O[C@@H]1C[C@@H]2CC[C@@H]3[C@H](CC[C@]4(C)[C@@H]5[C@H](C[C@@H]34)O[C@]3(CC[C@@H](C)CO3)[C@H]5C)[C@@]2(C)C[C@@H]1O. The number of aliphatic hydroxyl groups is 1. The van der Waals surface area contributed by atoms with E-state index in [0.29, 0.717) is 47.0 Å². The number of hydrogen-bond acceptors (Lipinski definition) is 5. The summed E-state index contributed by atoms with van der Waals surface area (Å²) >= 11 is 0. The van der Waals surface area contributed by atoms with Gasteiger partial charge in [0, 0.05) is 19.3 Å². The maximum absolute atomic E-state index is 11.6. The molecule has 0 unspecified atom stereocenters. The molecule has 2 heterocycles. The molecular formula is C29H46O5. The Morgan fingerprint density at radius 3 is 2.50 bits per heavy atom. The Morgan fingerprint density at radius 1 is 1.00 bits per heavy atom. The minimum atomic E-state index is -0.533. The van der Waals surface area contributed by atoms with E-state index in [-0.39, 0.29) is 23.3 Å². The first-order valence-electron chi connectivity index (χ1n) is 14.2. The lowest BCUT2D eigenvalue weighted by atomic mass is 9.44. The quantitative estimate of drug-likeness (QED) is 0.520. The molecule has 4 aliphatic carbocycles. The van der Waals surface area contributed by atoms with Crippen LogP contribution >= 0.6 is 0 Å². The van der Waals surface area contributed by atoms with Crippen LogP contribution in [0.2, 0.25) is 0 Å². The molecule has 13 atom stereocenters. The van der Waals surface area contributed by atoms with Gasteiger partial charge in [-0.1, -0.05) is 27.7 Å². The van der Waals surface area contributed by atoms with E-state index in [4.69, 9.17) is 14.2 Å². The number of carbonyl (C=O) groups excluding carboxylic acids is 1. The van der Waals surface area contributed by atoms with Crippen LogP contribution in [0.3, 0.4) is 0 Å². The van der Waals surface area contributed by atoms with E-state index in [1.165, 1.54) is 45.4 Å². The molecule has 5 heteroatoms. The summed E-state index contributed by atoms with van der Waals surface area (Å²) in [7, 11) is 0. The molecule has 6 aliphatic rings. The lowest BCUT2D eigenvalue weighted by molar-refractivity contribution is -0.273. The molecule has 1 N–H and O–H groups in total. The van der Waals surface area contributed by atoms with Crippen LogP contribution in [0.1, 0.15) is 92.4 Å². The third-order valence-corrected chi connectivity index (χ3v) is 12.2. The molecule has 0 aromatic rings. The number of carbonyl (C=O) groups is 1. The van der Waals surface area contributed by atoms with Gasteiger partial charge in [-0.3, -0.25) is 4.79 Å². The molecule has 0 amide bonds. The number of aliphatic hydroxyl groups excluding tert-OH is 1. The number of rotatable bonds is 1. The highest BCUT2D eigenvalue weighted by Gasteiger charge is 2.69. The lowest BCUT2D eigenvalue weighted by Crippen LogP contribution is -2.57. The van der Waals surface area contributed by atoms with Gasteiger partial charge in [0.15, 0.2) is 5.79 Å². The molecule has 0 aromatic heterocycles. The van der Waals surface area contributed by atoms with Crippen molar-refractivity contribution in [2.75, 3.05) is 6.61 Å². The van der Waals surface area contributed by atoms with Crippen LogP contribution < -0.4 is 0 Å². The predicted octanol–water partition coefficient (Wildman–Crippen LogP) is 5.34. The summed E-state index contributed by atoms with van der Waals surface area (Å²) in [6.07, 6.45) is 9.54. The summed E-state index contributed by atoms with van der Waals surface area (Å²) in [6.45, 7) is 12.0. The van der Waals surface area contributed by atoms with Gasteiger partial charge in [0.1, 0.15) is 6.10 Å². The van der Waals surface area contributed by atoms with Crippen molar-refractivity contribution >= 4 is 5.97 Å². The minimum absolute atomic E-state index is 0.147. The standard InChI is InChI=1S/C29H46O5/c1-16-8-11-29(32-15-16)17(2)26-25(34-29)13-22-20-7-6-19-12-24(33-18(3)30)23(31)14-28(19,5)21(20)9-10-27(22,26)4/h16-17,19-26,31H,6-15H2,1-5H3/t16-,17+,19+,20-,21+,22+,23+,24-,25+,26+,27+,28+,29-/m1/s1. The Kier molecular flexibility index (Phi) is 5.53. The Balaban J connectivity index is 1.22. The minimum Gasteiger partial charge on any atom is -0.460 e. The average Bonchev–Trinajstić information content (AvgIpc) is 3.21. The van der Waals surface area contributed by atoms with E-state index in [1.54, 1.807) is 0 Å². The summed E-state index contributed by atoms with van der Waals surface area (Å²) in [4.78, 5) is 11.6. The van der Waals surface area contributed by atoms with Gasteiger partial charge in [-0.2, -0.15) is 0 Å². The highest BCUT2D eigenvalue weighted by molar-refractivity contribution is 5.66. The fraction of sp³-hybridized carbons (Fsp3) is 0.966. The topological polar surface area (TPSA) is 65.0 Å². The van der Waals surface area contributed by atoms with Crippen molar-refractivity contribution < 1.29 is 24.1 Å². The second-order valence-electron chi connectivity index (χ2n) is 13.8. The van der Waals surface area contributed by atoms with Crippen molar-refractivity contribution in [1.82, 2.24) is 0 Å². The molecule has 192 valence electrons. The van der Waals surface area contributed by atoms with Crippen LogP contribution in [-0.4, -0.2) is 41.8 Å². The van der Waals surface area contributed by atoms with E-state index in [1.807, 2.05) is 0 Å². The van der Waals surface area contributed by atoms with E-state index >= 15 is 0 Å². The Morgan fingerprint density at radius 2 is 1.79 bits per heavy atom. The van der Waals surface area contributed by atoms with Crippen molar-refractivity contribution in [2.45, 2.75) is 117 Å². The molecule has 1 spiro atoms. The molecule has 0 radical (unpaired) electrons. The summed E-state index contributed by atoms with van der Waals surface area (Å²) < 4.78 is 18.9. The predicted molar refractivity (Wildman–Crippen MR) is 129 cm³/mol. The molecule has 2 aliphatic heterocycles. The van der Waals surface area contributed by atoms with Gasteiger partial charge in [-0.25, -0.2) is 0 Å². The van der Waals surface area contributed by atoms with Gasteiger partial charge in [-0.05, 0) is 97.7 Å². The molecule has 34 heavy (non-hydrogen) atoms. The zero-order valence-corrected chi connectivity index (χ0v) is 21.9. The van der Waals surface area contributed by atoms with Crippen LogP contribution in [0.4, 0.5) is 0 Å². The number of ether oxygens (including phenoxy) is 3. The van der Waals surface area contributed by atoms with E-state index in [9.17, 15) is 9.90 Å². The smallest absolute Gasteiger partial charge is 0.302 e. The first-order chi connectivity index (χ1) is 16.1. The van der Waals surface area contributed by atoms with Crippen LogP contribution in [0, 0.1) is 52.3 Å². The van der Waals surface area contributed by atoms with Gasteiger partial charge in [0.25, 0.3) is 0 Å². The second-order valence-corrected chi connectivity index (χ2v) is 13.8. The van der Waals surface area contributed by atoms with Crippen LogP contribution in [0.25, 0.3) is 0 Å². The zero-order valence-electron chi connectivity index (χ0n) is 21.9. The summed E-state index contributed by atoms with van der Waals surface area (Å²) in [5, 5.41) is 11.0. The number of hydrogen-bond donors (Lipinski definition) is 1. The average molecular weight is 475 g/mol. The first kappa shape index (κ1) is 23.7. The van der Waals surface area contributed by atoms with Crippen LogP contribution in [-0.2, 0) is 19.0 Å². The maximum atomic E-state index is 11.6. The van der Waals surface area contributed by atoms with Crippen molar-refractivity contribution in [3.63, 3.8) is 0 Å². The van der Waals surface area contributed by atoms with Crippen molar-refractivity contribution in [3.8, 4) is 0 Å². The molecular weight excluding hydrogens is 428 g/mol. The van der Waals surface area contributed by atoms with Gasteiger partial charge < -0.3 is 19.3 Å². The van der Waals surface area contributed by atoms with Crippen LogP contribution in [0.15, 0.2) is 0 Å². The fourth-order valence-electron chi connectivity index (χ4n) is 10.6. The van der Waals surface area contributed by atoms with E-state index < -0.39 is 6.10 Å². The fourth-order valence-corrected chi connectivity index (χ4v) is 10.6. The highest BCUT2D eigenvalue weighted by atomic mass is 16.7. The molecule has 0 bridgehead atoms. The summed E-state index contributed by atoms with van der Waals surface area (Å²) in [6, 6.07) is 0. The van der Waals surface area contributed by atoms with E-state index in [0.717, 1.165) is 31.8 Å². The summed E-state index contributed by atoms with van der Waals surface area (Å²) in [5.74, 6) is 3.74. The molecule has 6 rings (SSSR count). The van der Waals surface area contributed by atoms with Crippen molar-refractivity contribution in [2.24, 2.45) is 52.3 Å². The monoisotopic (exact) mass is 474 g/mol. The Bertz CT molecular complexity index is 819. The second kappa shape index (κ2) is 7.92. The number of esters is 1. The van der Waals surface area contributed by atoms with Crippen molar-refractivity contribution in [3.05, 3.63) is 0 Å². The Hall–Kier alpha value is -0.650. The Labute approximate surface area is 205 Å². The molecule has 4 saturated carbocycles. The third-order valence-electron chi connectivity index (χ3n) is 12.2. The van der Waals surface area contributed by atoms with Crippen LogP contribution in [0.5, 0.6) is 0 Å². The molecule has 6 fully saturated rings. The number of fused-ring (bicyclic) bond motifs is 7. The molecule has 2 saturated heterocycles. The van der Waals surface area contributed by atoms with E-state index in [2.05, 4.69) is 27.7 Å². The van der Waals surface area contributed by atoms with Gasteiger partial charge in [0.05, 0.1) is 18.8 Å². The largest absolute Gasteiger partial charge is 0.460 e. The van der Waals surface area contributed by atoms with Gasteiger partial charge in [-0.15, -0.1) is 0 Å². The first-order valence-corrected chi connectivity index (χ1v) is 14.2. The summed E-state index contributed by atoms with van der Waals surface area (Å²) in [5.41, 5.74) is 0.478. The highest BCUT2D eigenvalue weighted by Crippen LogP contribution is 2.71. The normalized spacial score (nSPS) is 58.5. The maximum Gasteiger partial charge on any atom is 0.302 e. The van der Waals surface area contributed by atoms with Gasteiger partial charge >= 0.3 is 5.97 Å². The van der Waals surface area contributed by atoms with Gasteiger partial charge in [0.2, 0.25) is 0 Å². The third kappa shape index (κ3) is 3.24. The van der Waals surface area contributed by atoms with Crippen molar-refractivity contribution in [1.29, 1.82) is 0 Å².